The molecular weight excluding hydrogens is 370 g/mol. The van der Waals surface area contributed by atoms with Crippen LogP contribution < -0.4 is 15.6 Å². The van der Waals surface area contributed by atoms with Crippen LogP contribution >= 0.6 is 11.6 Å². The quantitative estimate of drug-likeness (QED) is 0.690. The zero-order chi connectivity index (χ0) is 19.6. The number of hydrogen-bond acceptors (Lipinski definition) is 5. The molecule has 1 heterocycles. The molecule has 0 aliphatic heterocycles. The van der Waals surface area contributed by atoms with E-state index in [1.807, 2.05) is 6.92 Å². The fourth-order valence-corrected chi connectivity index (χ4v) is 2.52. The van der Waals surface area contributed by atoms with Gasteiger partial charge in [0.25, 0.3) is 5.56 Å². The van der Waals surface area contributed by atoms with E-state index in [-0.39, 0.29) is 17.0 Å². The summed E-state index contributed by atoms with van der Waals surface area (Å²) in [4.78, 5) is 23.7. The highest BCUT2D eigenvalue weighted by Crippen LogP contribution is 2.30. The van der Waals surface area contributed by atoms with E-state index in [0.29, 0.717) is 16.5 Å². The first-order valence-corrected chi connectivity index (χ1v) is 8.33. The molecule has 3 aromatic rings. The van der Waals surface area contributed by atoms with E-state index < -0.39 is 11.5 Å². The van der Waals surface area contributed by atoms with Gasteiger partial charge in [-0.3, -0.25) is 4.79 Å². The molecule has 0 saturated carbocycles. The minimum atomic E-state index is -1.06. The van der Waals surface area contributed by atoms with E-state index in [1.54, 1.807) is 30.3 Å². The van der Waals surface area contributed by atoms with E-state index in [9.17, 15) is 9.59 Å². The number of carboxylic acids is 1. The summed E-state index contributed by atoms with van der Waals surface area (Å²) in [6.07, 6.45) is 1.41. The molecule has 0 unspecified atom stereocenters. The maximum absolute atomic E-state index is 12.5. The van der Waals surface area contributed by atoms with E-state index >= 15 is 0 Å². The number of rotatable bonds is 5. The van der Waals surface area contributed by atoms with Crippen LogP contribution in [0.15, 0.2) is 53.5 Å². The van der Waals surface area contributed by atoms with Gasteiger partial charge in [0.2, 0.25) is 0 Å². The summed E-state index contributed by atoms with van der Waals surface area (Å²) >= 11 is 6.03. The SMILES string of the molecule is Cc1cc(Oc2cnn(C)c(=O)c2Nc2cccc(C(=O)O)c2)ccc1Cl. The molecule has 0 amide bonds. The van der Waals surface area contributed by atoms with E-state index in [4.69, 9.17) is 21.4 Å². The lowest BCUT2D eigenvalue weighted by Gasteiger charge is -2.14. The topological polar surface area (TPSA) is 93.5 Å². The largest absolute Gasteiger partial charge is 0.478 e. The van der Waals surface area contributed by atoms with E-state index in [2.05, 4.69) is 10.4 Å². The van der Waals surface area contributed by atoms with Crippen LogP contribution in [0.25, 0.3) is 0 Å². The molecule has 1 aromatic heterocycles. The van der Waals surface area contributed by atoms with Crippen molar-refractivity contribution >= 4 is 28.9 Å². The maximum Gasteiger partial charge on any atom is 0.335 e. The van der Waals surface area contributed by atoms with Crippen molar-refractivity contribution in [3.05, 3.63) is 75.2 Å². The number of nitrogens with zero attached hydrogens (tertiary/aromatic N) is 2. The monoisotopic (exact) mass is 385 g/mol. The van der Waals surface area contributed by atoms with Gasteiger partial charge in [-0.15, -0.1) is 0 Å². The van der Waals surface area contributed by atoms with Gasteiger partial charge in [-0.1, -0.05) is 17.7 Å². The number of halogens is 1. The number of anilines is 2. The Balaban J connectivity index is 2.00. The number of aromatic nitrogens is 2. The van der Waals surface area contributed by atoms with Gasteiger partial charge >= 0.3 is 5.97 Å². The molecular formula is C19H16ClN3O4. The van der Waals surface area contributed by atoms with E-state index in [0.717, 1.165) is 10.2 Å². The Morgan fingerprint density at radius 1 is 1.26 bits per heavy atom. The first-order valence-electron chi connectivity index (χ1n) is 7.96. The molecule has 0 saturated heterocycles. The zero-order valence-electron chi connectivity index (χ0n) is 14.6. The third-order valence-corrected chi connectivity index (χ3v) is 4.26. The van der Waals surface area contributed by atoms with Gasteiger partial charge in [0.1, 0.15) is 5.75 Å². The van der Waals surface area contributed by atoms with Crippen molar-refractivity contribution in [3.63, 3.8) is 0 Å². The highest BCUT2D eigenvalue weighted by Gasteiger charge is 2.14. The number of ether oxygens (including phenoxy) is 1. The molecule has 2 N–H and O–H groups in total. The average molecular weight is 386 g/mol. The van der Waals surface area contributed by atoms with Gasteiger partial charge in [-0.25, -0.2) is 9.48 Å². The van der Waals surface area contributed by atoms with Gasteiger partial charge < -0.3 is 15.2 Å². The second kappa shape index (κ2) is 7.51. The zero-order valence-corrected chi connectivity index (χ0v) is 15.3. The molecule has 27 heavy (non-hydrogen) atoms. The number of carbonyl (C=O) groups is 1. The number of aromatic carboxylic acids is 1. The second-order valence-electron chi connectivity index (χ2n) is 5.84. The summed E-state index contributed by atoms with van der Waals surface area (Å²) in [5.41, 5.74) is 1.09. The van der Waals surface area contributed by atoms with E-state index in [1.165, 1.54) is 25.4 Å². The lowest BCUT2D eigenvalue weighted by atomic mass is 10.2. The molecule has 8 heteroatoms. The van der Waals surface area contributed by atoms with Crippen LogP contribution in [0.4, 0.5) is 11.4 Å². The van der Waals surface area contributed by atoms with Crippen LogP contribution in [0.2, 0.25) is 5.02 Å². The molecule has 0 aliphatic rings. The second-order valence-corrected chi connectivity index (χ2v) is 6.24. The first kappa shape index (κ1) is 18.5. The predicted molar refractivity (Wildman–Crippen MR) is 102 cm³/mol. The van der Waals surface area contributed by atoms with Crippen molar-refractivity contribution in [2.45, 2.75) is 6.92 Å². The summed E-state index contributed by atoms with van der Waals surface area (Å²) in [7, 11) is 1.51. The lowest BCUT2D eigenvalue weighted by Crippen LogP contribution is -2.22. The molecule has 3 rings (SSSR count). The van der Waals surface area contributed by atoms with Crippen LogP contribution in [0.5, 0.6) is 11.5 Å². The third-order valence-electron chi connectivity index (χ3n) is 3.84. The van der Waals surface area contributed by atoms with Crippen LogP contribution in [0.3, 0.4) is 0 Å². The standard InChI is InChI=1S/C19H16ClN3O4/c1-11-8-14(6-7-15(11)20)27-16-10-21-23(2)18(24)17(16)22-13-5-3-4-12(9-13)19(25)26/h3-10,22H,1-2H3,(H,25,26). The lowest BCUT2D eigenvalue weighted by molar-refractivity contribution is 0.0697. The van der Waals surface area contributed by atoms with Gasteiger partial charge in [-0.05, 0) is 48.9 Å². The number of hydrogen-bond donors (Lipinski definition) is 2. The van der Waals surface area contributed by atoms with Crippen molar-refractivity contribution < 1.29 is 14.6 Å². The highest BCUT2D eigenvalue weighted by molar-refractivity contribution is 6.31. The average Bonchev–Trinajstić information content (AvgIpc) is 2.64. The number of benzene rings is 2. The van der Waals surface area contributed by atoms with Crippen molar-refractivity contribution in [3.8, 4) is 11.5 Å². The van der Waals surface area contributed by atoms with Crippen molar-refractivity contribution in [1.29, 1.82) is 0 Å². The molecule has 0 aliphatic carbocycles. The minimum Gasteiger partial charge on any atom is -0.478 e. The number of nitrogens with one attached hydrogen (secondary N) is 1. The molecule has 0 atom stereocenters. The van der Waals surface area contributed by atoms with Crippen LogP contribution in [-0.4, -0.2) is 20.9 Å². The third kappa shape index (κ3) is 4.09. The summed E-state index contributed by atoms with van der Waals surface area (Å²) < 4.78 is 6.97. The minimum absolute atomic E-state index is 0.0988. The van der Waals surface area contributed by atoms with Crippen molar-refractivity contribution in [2.75, 3.05) is 5.32 Å². The highest BCUT2D eigenvalue weighted by atomic mass is 35.5. The normalized spacial score (nSPS) is 10.5. The van der Waals surface area contributed by atoms with Gasteiger partial charge in [-0.2, -0.15) is 5.10 Å². The summed E-state index contributed by atoms with van der Waals surface area (Å²) in [6, 6.07) is 11.3. The van der Waals surface area contributed by atoms with Crippen LogP contribution in [0.1, 0.15) is 15.9 Å². The summed E-state index contributed by atoms with van der Waals surface area (Å²) in [5, 5.41) is 16.7. The predicted octanol–water partition coefficient (Wildman–Crippen LogP) is 3.98. The number of carboxylic acid groups (broad SMARTS) is 1. The van der Waals surface area contributed by atoms with Gasteiger partial charge in [0.05, 0.1) is 11.8 Å². The first-order chi connectivity index (χ1) is 12.8. The summed E-state index contributed by atoms with van der Waals surface area (Å²) in [6.45, 7) is 1.84. The molecule has 138 valence electrons. The Hall–Kier alpha value is -3.32. The van der Waals surface area contributed by atoms with Gasteiger partial charge in [0.15, 0.2) is 11.4 Å². The Labute approximate surface area is 159 Å². The molecule has 0 spiro atoms. The maximum atomic E-state index is 12.5. The molecule has 2 aromatic carbocycles. The fraction of sp³-hybridized carbons (Fsp3) is 0.105. The fourth-order valence-electron chi connectivity index (χ4n) is 2.40. The molecule has 0 bridgehead atoms. The van der Waals surface area contributed by atoms with Crippen molar-refractivity contribution in [2.24, 2.45) is 7.05 Å². The number of aryl methyl sites for hydroxylation is 2. The van der Waals surface area contributed by atoms with Crippen LogP contribution in [0, 0.1) is 6.92 Å². The smallest absolute Gasteiger partial charge is 0.335 e. The molecule has 7 nitrogen and oxygen atoms in total. The molecule has 0 fully saturated rings. The Morgan fingerprint density at radius 3 is 2.74 bits per heavy atom. The molecule has 0 radical (unpaired) electrons. The Bertz CT molecular complexity index is 1080. The van der Waals surface area contributed by atoms with Gasteiger partial charge in [0, 0.05) is 17.8 Å². The Kier molecular flexibility index (Phi) is 5.14. The summed E-state index contributed by atoms with van der Waals surface area (Å²) in [5.74, 6) is -0.357. The Morgan fingerprint density at radius 2 is 2.04 bits per heavy atom. The van der Waals surface area contributed by atoms with Crippen LogP contribution in [-0.2, 0) is 7.05 Å². The van der Waals surface area contributed by atoms with Crippen molar-refractivity contribution in [1.82, 2.24) is 9.78 Å².